The largest absolute Gasteiger partial charge is 0.492 e. The van der Waals surface area contributed by atoms with Crippen molar-refractivity contribution >= 4 is 5.91 Å². The molecule has 0 saturated carbocycles. The number of pyridine rings is 1. The summed E-state index contributed by atoms with van der Waals surface area (Å²) in [6.07, 6.45) is 3.32. The van der Waals surface area contributed by atoms with Gasteiger partial charge in [-0.25, -0.2) is 0 Å². The zero-order valence-electron chi connectivity index (χ0n) is 15.7. The van der Waals surface area contributed by atoms with Crippen LogP contribution in [0.4, 0.5) is 0 Å². The molecule has 27 heavy (non-hydrogen) atoms. The third kappa shape index (κ3) is 4.94. The van der Waals surface area contributed by atoms with Crippen LogP contribution in [0.3, 0.4) is 0 Å². The standard InChI is InChI=1S/C21H23N3O3/c1-21(2,3)16-6-8-17(9-7-16)26-12-11-23-20(25)18-13-19(27-24-18)15-5-4-10-22-14-15/h4-10,13-14H,11-12H2,1-3H3,(H,23,25). The lowest BCUT2D eigenvalue weighted by atomic mass is 9.87. The number of carbonyl (C=O) groups is 1. The third-order valence-corrected chi connectivity index (χ3v) is 4.07. The van der Waals surface area contributed by atoms with E-state index in [0.717, 1.165) is 11.3 Å². The maximum Gasteiger partial charge on any atom is 0.273 e. The number of amides is 1. The Morgan fingerprint density at radius 1 is 1.19 bits per heavy atom. The lowest BCUT2D eigenvalue weighted by Crippen LogP contribution is -2.28. The van der Waals surface area contributed by atoms with Crippen LogP contribution in [0, 0.1) is 0 Å². The number of ether oxygens (including phenoxy) is 1. The Kier molecular flexibility index (Phi) is 5.54. The zero-order valence-corrected chi connectivity index (χ0v) is 15.7. The van der Waals surface area contributed by atoms with Crippen molar-refractivity contribution in [3.63, 3.8) is 0 Å². The van der Waals surface area contributed by atoms with Gasteiger partial charge in [-0.1, -0.05) is 38.1 Å². The molecular formula is C21H23N3O3. The molecule has 0 atom stereocenters. The van der Waals surface area contributed by atoms with Crippen molar-refractivity contribution in [3.8, 4) is 17.1 Å². The fourth-order valence-electron chi connectivity index (χ4n) is 2.50. The highest BCUT2D eigenvalue weighted by atomic mass is 16.5. The van der Waals surface area contributed by atoms with E-state index < -0.39 is 0 Å². The molecule has 0 bridgehead atoms. The van der Waals surface area contributed by atoms with Gasteiger partial charge < -0.3 is 14.6 Å². The monoisotopic (exact) mass is 365 g/mol. The van der Waals surface area contributed by atoms with Gasteiger partial charge in [0.2, 0.25) is 0 Å². The SMILES string of the molecule is CC(C)(C)c1ccc(OCCNC(=O)c2cc(-c3cccnc3)on2)cc1. The molecule has 0 aliphatic heterocycles. The van der Waals surface area contributed by atoms with Gasteiger partial charge in [0.05, 0.1) is 6.54 Å². The number of benzene rings is 1. The zero-order chi connectivity index (χ0) is 19.3. The average molecular weight is 365 g/mol. The molecule has 0 saturated heterocycles. The summed E-state index contributed by atoms with van der Waals surface area (Å²) in [5, 5.41) is 6.57. The van der Waals surface area contributed by atoms with Gasteiger partial charge in [0.15, 0.2) is 11.5 Å². The second-order valence-electron chi connectivity index (χ2n) is 7.20. The van der Waals surface area contributed by atoms with Crippen LogP contribution < -0.4 is 10.1 Å². The van der Waals surface area contributed by atoms with E-state index in [2.05, 4.69) is 48.4 Å². The van der Waals surface area contributed by atoms with E-state index in [1.54, 1.807) is 24.5 Å². The van der Waals surface area contributed by atoms with Crippen molar-refractivity contribution in [1.29, 1.82) is 0 Å². The van der Waals surface area contributed by atoms with Gasteiger partial charge in [-0.05, 0) is 35.2 Å². The van der Waals surface area contributed by atoms with Crippen molar-refractivity contribution < 1.29 is 14.1 Å². The second-order valence-corrected chi connectivity index (χ2v) is 7.20. The molecule has 3 aromatic rings. The Hall–Kier alpha value is -3.15. The molecule has 1 aromatic carbocycles. The number of hydrogen-bond donors (Lipinski definition) is 1. The Bertz CT molecular complexity index is 881. The highest BCUT2D eigenvalue weighted by molar-refractivity contribution is 5.93. The summed E-state index contributed by atoms with van der Waals surface area (Å²) < 4.78 is 10.9. The maximum absolute atomic E-state index is 12.2. The lowest BCUT2D eigenvalue weighted by molar-refractivity contribution is 0.0938. The Morgan fingerprint density at radius 2 is 1.96 bits per heavy atom. The van der Waals surface area contributed by atoms with E-state index in [9.17, 15) is 4.79 Å². The van der Waals surface area contributed by atoms with Crippen LogP contribution in [0.15, 0.2) is 59.4 Å². The smallest absolute Gasteiger partial charge is 0.273 e. The van der Waals surface area contributed by atoms with Crippen molar-refractivity contribution in [2.45, 2.75) is 26.2 Å². The van der Waals surface area contributed by atoms with Gasteiger partial charge in [0.25, 0.3) is 5.91 Å². The molecule has 0 radical (unpaired) electrons. The molecule has 0 aliphatic carbocycles. The van der Waals surface area contributed by atoms with E-state index >= 15 is 0 Å². The average Bonchev–Trinajstić information content (AvgIpc) is 3.16. The summed E-state index contributed by atoms with van der Waals surface area (Å²) in [6, 6.07) is 13.2. The van der Waals surface area contributed by atoms with Crippen LogP contribution in [0.2, 0.25) is 0 Å². The Morgan fingerprint density at radius 3 is 2.63 bits per heavy atom. The predicted molar refractivity (Wildman–Crippen MR) is 103 cm³/mol. The van der Waals surface area contributed by atoms with Gasteiger partial charge in [0.1, 0.15) is 12.4 Å². The molecule has 6 nitrogen and oxygen atoms in total. The van der Waals surface area contributed by atoms with Crippen LogP contribution in [0.5, 0.6) is 5.75 Å². The van der Waals surface area contributed by atoms with Gasteiger partial charge in [0, 0.05) is 24.0 Å². The molecule has 0 spiro atoms. The highest BCUT2D eigenvalue weighted by Gasteiger charge is 2.14. The summed E-state index contributed by atoms with van der Waals surface area (Å²) in [4.78, 5) is 16.2. The van der Waals surface area contributed by atoms with Crippen LogP contribution in [-0.4, -0.2) is 29.2 Å². The first-order valence-corrected chi connectivity index (χ1v) is 8.82. The summed E-state index contributed by atoms with van der Waals surface area (Å²) in [5.41, 5.74) is 2.35. The van der Waals surface area contributed by atoms with Crippen LogP contribution in [-0.2, 0) is 5.41 Å². The highest BCUT2D eigenvalue weighted by Crippen LogP contribution is 2.24. The molecule has 1 amide bonds. The number of nitrogens with zero attached hydrogens (tertiary/aromatic N) is 2. The van der Waals surface area contributed by atoms with Crippen molar-refractivity contribution in [2.24, 2.45) is 0 Å². The van der Waals surface area contributed by atoms with E-state index in [4.69, 9.17) is 9.26 Å². The molecule has 0 unspecified atom stereocenters. The number of carbonyl (C=O) groups excluding carboxylic acids is 1. The molecule has 3 rings (SSSR count). The molecule has 0 aliphatic rings. The predicted octanol–water partition coefficient (Wildman–Crippen LogP) is 3.84. The van der Waals surface area contributed by atoms with Crippen molar-refractivity contribution in [3.05, 3.63) is 66.1 Å². The van der Waals surface area contributed by atoms with Gasteiger partial charge in [-0.3, -0.25) is 9.78 Å². The normalized spacial score (nSPS) is 11.2. The summed E-state index contributed by atoms with van der Waals surface area (Å²) >= 11 is 0. The van der Waals surface area contributed by atoms with E-state index in [-0.39, 0.29) is 17.0 Å². The summed E-state index contributed by atoms with van der Waals surface area (Å²) in [7, 11) is 0. The molecule has 2 heterocycles. The fourth-order valence-corrected chi connectivity index (χ4v) is 2.50. The van der Waals surface area contributed by atoms with Crippen molar-refractivity contribution in [2.75, 3.05) is 13.2 Å². The Labute approximate surface area is 158 Å². The minimum atomic E-state index is -0.305. The molecule has 1 N–H and O–H groups in total. The quantitative estimate of drug-likeness (QED) is 0.672. The van der Waals surface area contributed by atoms with Crippen LogP contribution in [0.1, 0.15) is 36.8 Å². The van der Waals surface area contributed by atoms with Gasteiger partial charge in [-0.15, -0.1) is 0 Å². The first-order valence-electron chi connectivity index (χ1n) is 8.82. The molecule has 2 aromatic heterocycles. The first kappa shape index (κ1) is 18.6. The number of rotatable bonds is 6. The van der Waals surface area contributed by atoms with E-state index in [1.165, 1.54) is 5.56 Å². The van der Waals surface area contributed by atoms with Gasteiger partial charge >= 0.3 is 0 Å². The Balaban J connectivity index is 1.47. The lowest BCUT2D eigenvalue weighted by Gasteiger charge is -2.19. The number of hydrogen-bond acceptors (Lipinski definition) is 5. The molecule has 140 valence electrons. The third-order valence-electron chi connectivity index (χ3n) is 4.07. The molecule has 6 heteroatoms. The topological polar surface area (TPSA) is 77.2 Å². The molecule has 0 fully saturated rings. The van der Waals surface area contributed by atoms with Crippen molar-refractivity contribution in [1.82, 2.24) is 15.5 Å². The second kappa shape index (κ2) is 8.03. The minimum absolute atomic E-state index is 0.110. The minimum Gasteiger partial charge on any atom is -0.492 e. The van der Waals surface area contributed by atoms with E-state index in [1.807, 2.05) is 18.2 Å². The summed E-state index contributed by atoms with van der Waals surface area (Å²) in [5.74, 6) is 0.974. The van der Waals surface area contributed by atoms with Gasteiger partial charge in [-0.2, -0.15) is 0 Å². The number of aromatic nitrogens is 2. The maximum atomic E-state index is 12.2. The van der Waals surface area contributed by atoms with E-state index in [0.29, 0.717) is 18.9 Å². The number of nitrogens with one attached hydrogen (secondary N) is 1. The summed E-state index contributed by atoms with van der Waals surface area (Å²) in [6.45, 7) is 7.24. The first-order chi connectivity index (χ1) is 12.9. The van der Waals surface area contributed by atoms with Crippen LogP contribution in [0.25, 0.3) is 11.3 Å². The molecular weight excluding hydrogens is 342 g/mol. The van der Waals surface area contributed by atoms with Crippen LogP contribution >= 0.6 is 0 Å². The fraction of sp³-hybridized carbons (Fsp3) is 0.286.